The lowest BCUT2D eigenvalue weighted by Crippen LogP contribution is -1.99. The highest BCUT2D eigenvalue weighted by Crippen LogP contribution is 2.28. The molecule has 0 atom stereocenters. The van der Waals surface area contributed by atoms with Crippen molar-refractivity contribution in [2.75, 3.05) is 5.73 Å². The first-order valence-corrected chi connectivity index (χ1v) is 5.20. The van der Waals surface area contributed by atoms with E-state index in [1.54, 1.807) is 20.0 Å². The number of aromatic nitrogens is 2. The average molecular weight is 251 g/mol. The minimum Gasteiger partial charge on any atom is -0.434 e. The van der Waals surface area contributed by atoms with Crippen molar-refractivity contribution in [2.45, 2.75) is 13.8 Å². The Kier molecular flexibility index (Phi) is 3.10. The van der Waals surface area contributed by atoms with Gasteiger partial charge < -0.3 is 10.5 Å². The van der Waals surface area contributed by atoms with Crippen LogP contribution in [0.5, 0.6) is 11.6 Å². The van der Waals surface area contributed by atoms with Crippen molar-refractivity contribution in [3.63, 3.8) is 0 Å². The van der Waals surface area contributed by atoms with E-state index >= 15 is 0 Å². The van der Waals surface area contributed by atoms with Crippen LogP contribution < -0.4 is 10.5 Å². The molecule has 0 amide bonds. The monoisotopic (exact) mass is 251 g/mol. The molecule has 0 aliphatic heterocycles. The second kappa shape index (κ2) is 4.56. The molecule has 0 radical (unpaired) electrons. The van der Waals surface area contributed by atoms with Crippen LogP contribution in [-0.2, 0) is 0 Å². The molecule has 4 nitrogen and oxygen atoms in total. The number of nitrogens with two attached hydrogens (primary N) is 1. The lowest BCUT2D eigenvalue weighted by atomic mass is 10.3. The van der Waals surface area contributed by atoms with E-state index in [0.717, 1.165) is 12.1 Å². The number of ether oxygens (including phenoxy) is 1. The topological polar surface area (TPSA) is 61.0 Å². The molecule has 0 aliphatic rings. The Morgan fingerprint density at radius 2 is 1.89 bits per heavy atom. The largest absolute Gasteiger partial charge is 0.434 e. The predicted octanol–water partition coefficient (Wildman–Crippen LogP) is 2.75. The van der Waals surface area contributed by atoms with Gasteiger partial charge in [-0.2, -0.15) is 0 Å². The van der Waals surface area contributed by atoms with Crippen LogP contribution in [-0.4, -0.2) is 9.97 Å². The molecule has 2 aromatic rings. The van der Waals surface area contributed by atoms with Crippen molar-refractivity contribution in [3.05, 3.63) is 41.4 Å². The molecule has 0 fully saturated rings. The maximum absolute atomic E-state index is 13.5. The number of benzene rings is 1. The molecule has 0 saturated carbocycles. The summed E-state index contributed by atoms with van der Waals surface area (Å²) in [6.45, 7) is 3.38. The van der Waals surface area contributed by atoms with E-state index in [4.69, 9.17) is 10.5 Å². The predicted molar refractivity (Wildman–Crippen MR) is 62.4 cm³/mol. The van der Waals surface area contributed by atoms with Crippen LogP contribution in [0.2, 0.25) is 0 Å². The highest BCUT2D eigenvalue weighted by molar-refractivity contribution is 5.45. The van der Waals surface area contributed by atoms with Crippen LogP contribution in [0.4, 0.5) is 14.5 Å². The summed E-state index contributed by atoms with van der Waals surface area (Å²) >= 11 is 0. The lowest BCUT2D eigenvalue weighted by Gasteiger charge is -2.09. The molecule has 2 N–H and O–H groups in total. The van der Waals surface area contributed by atoms with Gasteiger partial charge in [-0.05, 0) is 13.8 Å². The number of rotatable bonds is 2. The molecule has 1 aromatic heterocycles. The maximum atomic E-state index is 13.5. The van der Waals surface area contributed by atoms with Crippen molar-refractivity contribution < 1.29 is 13.5 Å². The molecule has 0 bridgehead atoms. The summed E-state index contributed by atoms with van der Waals surface area (Å²) in [5, 5.41) is 0. The van der Waals surface area contributed by atoms with E-state index in [2.05, 4.69) is 9.97 Å². The van der Waals surface area contributed by atoms with Crippen molar-refractivity contribution in [1.82, 2.24) is 9.97 Å². The molecule has 0 aliphatic carbocycles. The average Bonchev–Trinajstić information content (AvgIpc) is 2.30. The van der Waals surface area contributed by atoms with Crippen molar-refractivity contribution in [2.24, 2.45) is 0 Å². The lowest BCUT2D eigenvalue weighted by molar-refractivity contribution is 0.416. The molecule has 0 saturated heterocycles. The fourth-order valence-electron chi connectivity index (χ4n) is 1.34. The van der Waals surface area contributed by atoms with Gasteiger partial charge in [-0.3, -0.25) is 4.98 Å². The highest BCUT2D eigenvalue weighted by Gasteiger charge is 2.12. The molecule has 18 heavy (non-hydrogen) atoms. The Morgan fingerprint density at radius 3 is 2.61 bits per heavy atom. The third-order valence-corrected chi connectivity index (χ3v) is 2.29. The summed E-state index contributed by atoms with van der Waals surface area (Å²) in [4.78, 5) is 8.07. The van der Waals surface area contributed by atoms with E-state index in [-0.39, 0.29) is 17.3 Å². The minimum atomic E-state index is -0.753. The molecule has 1 heterocycles. The Hall–Kier alpha value is -2.24. The van der Waals surface area contributed by atoms with Crippen LogP contribution >= 0.6 is 0 Å². The summed E-state index contributed by atoms with van der Waals surface area (Å²) in [6, 6.07) is 1.75. The van der Waals surface area contributed by atoms with E-state index in [1.807, 2.05) is 0 Å². The SMILES string of the molecule is Cc1cnc(C)c(Oc2cc(F)c(N)cc2F)n1. The van der Waals surface area contributed by atoms with Crippen molar-refractivity contribution in [1.29, 1.82) is 0 Å². The van der Waals surface area contributed by atoms with Gasteiger partial charge in [0.1, 0.15) is 5.82 Å². The number of aryl methyl sites for hydroxylation is 2. The molecule has 94 valence electrons. The van der Waals surface area contributed by atoms with Crippen molar-refractivity contribution in [3.8, 4) is 11.6 Å². The summed E-state index contributed by atoms with van der Waals surface area (Å²) in [5.41, 5.74) is 6.07. The van der Waals surface area contributed by atoms with E-state index in [0.29, 0.717) is 11.4 Å². The summed E-state index contributed by atoms with van der Waals surface area (Å²) in [5.74, 6) is -1.64. The van der Waals surface area contributed by atoms with Gasteiger partial charge in [-0.25, -0.2) is 13.8 Å². The number of nitrogens with zero attached hydrogens (tertiary/aromatic N) is 2. The fraction of sp³-hybridized carbons (Fsp3) is 0.167. The number of hydrogen-bond donors (Lipinski definition) is 1. The second-order valence-corrected chi connectivity index (χ2v) is 3.81. The van der Waals surface area contributed by atoms with Crippen LogP contribution in [0.25, 0.3) is 0 Å². The third-order valence-electron chi connectivity index (χ3n) is 2.29. The summed E-state index contributed by atoms with van der Waals surface area (Å²) in [7, 11) is 0. The van der Waals surface area contributed by atoms with Crippen LogP contribution in [0.3, 0.4) is 0 Å². The number of nitrogen functional groups attached to an aromatic ring is 1. The molecule has 6 heteroatoms. The molecular weight excluding hydrogens is 240 g/mol. The quantitative estimate of drug-likeness (QED) is 0.834. The fourth-order valence-corrected chi connectivity index (χ4v) is 1.34. The van der Waals surface area contributed by atoms with Gasteiger partial charge in [0.15, 0.2) is 11.6 Å². The van der Waals surface area contributed by atoms with E-state index < -0.39 is 11.6 Å². The molecule has 2 rings (SSSR count). The zero-order chi connectivity index (χ0) is 13.3. The molecule has 1 aromatic carbocycles. The van der Waals surface area contributed by atoms with Gasteiger partial charge in [0.25, 0.3) is 0 Å². The standard InChI is InChI=1S/C12H11F2N3O/c1-6-5-16-7(2)12(17-6)18-11-4-8(13)10(15)3-9(11)14/h3-5H,15H2,1-2H3. The smallest absolute Gasteiger partial charge is 0.241 e. The molecule has 0 unspecified atom stereocenters. The number of hydrogen-bond acceptors (Lipinski definition) is 4. The Bertz CT molecular complexity index is 602. The minimum absolute atomic E-state index is 0.137. The van der Waals surface area contributed by atoms with Gasteiger partial charge in [-0.1, -0.05) is 0 Å². The summed E-state index contributed by atoms with van der Waals surface area (Å²) < 4.78 is 32.0. The Balaban J connectivity index is 2.40. The zero-order valence-electron chi connectivity index (χ0n) is 9.87. The van der Waals surface area contributed by atoms with E-state index in [9.17, 15) is 8.78 Å². The Morgan fingerprint density at radius 1 is 1.17 bits per heavy atom. The van der Waals surface area contributed by atoms with Gasteiger partial charge in [-0.15, -0.1) is 0 Å². The van der Waals surface area contributed by atoms with Crippen molar-refractivity contribution >= 4 is 5.69 Å². The van der Waals surface area contributed by atoms with Gasteiger partial charge >= 0.3 is 0 Å². The second-order valence-electron chi connectivity index (χ2n) is 3.81. The van der Waals surface area contributed by atoms with Gasteiger partial charge in [0.2, 0.25) is 5.88 Å². The first-order chi connectivity index (χ1) is 8.47. The third kappa shape index (κ3) is 2.37. The summed E-state index contributed by atoms with van der Waals surface area (Å²) in [6.07, 6.45) is 1.56. The normalized spacial score (nSPS) is 10.4. The number of halogens is 2. The van der Waals surface area contributed by atoms with Crippen LogP contribution in [0.15, 0.2) is 18.3 Å². The Labute approximate surface area is 102 Å². The number of anilines is 1. The molecular formula is C12H11F2N3O. The van der Waals surface area contributed by atoms with Gasteiger partial charge in [0.05, 0.1) is 17.1 Å². The first kappa shape index (κ1) is 12.2. The van der Waals surface area contributed by atoms with Crippen LogP contribution in [0.1, 0.15) is 11.4 Å². The van der Waals surface area contributed by atoms with Crippen LogP contribution in [0, 0.1) is 25.5 Å². The first-order valence-electron chi connectivity index (χ1n) is 5.20. The van der Waals surface area contributed by atoms with Gasteiger partial charge in [0, 0.05) is 18.3 Å². The maximum Gasteiger partial charge on any atom is 0.241 e. The zero-order valence-corrected chi connectivity index (χ0v) is 9.87. The molecule has 0 spiro atoms. The van der Waals surface area contributed by atoms with E-state index in [1.165, 1.54) is 0 Å². The highest BCUT2D eigenvalue weighted by atomic mass is 19.1.